The van der Waals surface area contributed by atoms with Gasteiger partial charge in [0.15, 0.2) is 6.10 Å². The van der Waals surface area contributed by atoms with Crippen molar-refractivity contribution in [2.24, 2.45) is 0 Å². The number of aryl methyl sites for hydroxylation is 1. The highest BCUT2D eigenvalue weighted by molar-refractivity contribution is 5.81. The summed E-state index contributed by atoms with van der Waals surface area (Å²) >= 11 is 0. The number of nitrogens with zero attached hydrogens (tertiary/aromatic N) is 3. The van der Waals surface area contributed by atoms with Crippen LogP contribution in [0.3, 0.4) is 0 Å². The molecule has 1 amide bonds. The molecule has 1 fully saturated rings. The van der Waals surface area contributed by atoms with Gasteiger partial charge in [-0.1, -0.05) is 18.2 Å². The second-order valence-corrected chi connectivity index (χ2v) is 5.90. The van der Waals surface area contributed by atoms with E-state index in [4.69, 9.17) is 9.47 Å². The first-order valence-electron chi connectivity index (χ1n) is 8.09. The lowest BCUT2D eigenvalue weighted by Crippen LogP contribution is -2.40. The quantitative estimate of drug-likeness (QED) is 0.842. The topological polar surface area (TPSA) is 64.5 Å². The number of hydrogen-bond acceptors (Lipinski definition) is 5. The number of amides is 1. The Labute approximate surface area is 141 Å². The van der Waals surface area contributed by atoms with Crippen LogP contribution in [-0.2, 0) is 4.79 Å². The maximum Gasteiger partial charge on any atom is 0.263 e. The fraction of sp³-hybridized carbons (Fsp3) is 0.389. The molecule has 0 saturated carbocycles. The molecule has 0 N–H and O–H groups in total. The van der Waals surface area contributed by atoms with E-state index in [9.17, 15) is 4.79 Å². The smallest absolute Gasteiger partial charge is 0.263 e. The van der Waals surface area contributed by atoms with E-state index in [2.05, 4.69) is 10.2 Å². The van der Waals surface area contributed by atoms with Crippen LogP contribution in [0.2, 0.25) is 0 Å². The zero-order valence-electron chi connectivity index (χ0n) is 13.9. The van der Waals surface area contributed by atoms with Gasteiger partial charge in [0.05, 0.1) is 12.2 Å². The van der Waals surface area contributed by atoms with Gasteiger partial charge in [-0.05, 0) is 32.0 Å². The molecule has 0 spiro atoms. The van der Waals surface area contributed by atoms with Crippen molar-refractivity contribution >= 4 is 5.91 Å². The fourth-order valence-corrected chi connectivity index (χ4v) is 2.66. The highest BCUT2D eigenvalue weighted by atomic mass is 16.5. The Hall–Kier alpha value is -2.63. The molecular weight excluding hydrogens is 306 g/mol. The third-order valence-electron chi connectivity index (χ3n) is 3.92. The van der Waals surface area contributed by atoms with E-state index >= 15 is 0 Å². The van der Waals surface area contributed by atoms with Gasteiger partial charge in [-0.25, -0.2) is 0 Å². The van der Waals surface area contributed by atoms with Crippen molar-refractivity contribution in [2.45, 2.75) is 32.5 Å². The molecular formula is C18H21N3O3. The average molecular weight is 327 g/mol. The van der Waals surface area contributed by atoms with Crippen LogP contribution in [0, 0.1) is 6.92 Å². The van der Waals surface area contributed by atoms with E-state index in [1.807, 2.05) is 43.3 Å². The SMILES string of the molecule is Cc1ccc(O[C@H]2CCN(C(=O)[C@H](C)Oc3ccccc3)C2)nn1. The van der Waals surface area contributed by atoms with E-state index < -0.39 is 6.10 Å². The highest BCUT2D eigenvalue weighted by Crippen LogP contribution is 2.18. The fourth-order valence-electron chi connectivity index (χ4n) is 2.66. The van der Waals surface area contributed by atoms with Crippen LogP contribution < -0.4 is 9.47 Å². The van der Waals surface area contributed by atoms with Crippen LogP contribution in [0.5, 0.6) is 11.6 Å². The number of rotatable bonds is 5. The van der Waals surface area contributed by atoms with E-state index in [0.717, 1.165) is 12.1 Å². The van der Waals surface area contributed by atoms with Gasteiger partial charge >= 0.3 is 0 Å². The highest BCUT2D eigenvalue weighted by Gasteiger charge is 2.31. The maximum atomic E-state index is 12.5. The lowest BCUT2D eigenvalue weighted by atomic mass is 10.3. The molecule has 126 valence electrons. The van der Waals surface area contributed by atoms with Gasteiger partial charge in [-0.3, -0.25) is 4.79 Å². The van der Waals surface area contributed by atoms with E-state index in [0.29, 0.717) is 24.7 Å². The Balaban J connectivity index is 1.52. The molecule has 1 aromatic heterocycles. The zero-order chi connectivity index (χ0) is 16.9. The van der Waals surface area contributed by atoms with Crippen molar-refractivity contribution < 1.29 is 14.3 Å². The standard InChI is InChI=1S/C18H21N3O3/c1-13-8-9-17(20-19-13)24-16-10-11-21(12-16)18(22)14(2)23-15-6-4-3-5-7-15/h3-9,14,16H,10-12H2,1-2H3/t14-,16-/m0/s1. The second-order valence-electron chi connectivity index (χ2n) is 5.90. The van der Waals surface area contributed by atoms with Crippen molar-refractivity contribution in [2.75, 3.05) is 13.1 Å². The van der Waals surface area contributed by atoms with Crippen molar-refractivity contribution in [1.29, 1.82) is 0 Å². The Kier molecular flexibility index (Phi) is 4.93. The van der Waals surface area contributed by atoms with Gasteiger partial charge in [0.1, 0.15) is 11.9 Å². The van der Waals surface area contributed by atoms with Crippen molar-refractivity contribution in [3.63, 3.8) is 0 Å². The molecule has 2 aromatic rings. The Morgan fingerprint density at radius 1 is 1.21 bits per heavy atom. The Bertz CT molecular complexity index is 676. The second kappa shape index (κ2) is 7.29. The third-order valence-corrected chi connectivity index (χ3v) is 3.92. The largest absolute Gasteiger partial charge is 0.481 e. The Morgan fingerprint density at radius 2 is 2.00 bits per heavy atom. The normalized spacial score (nSPS) is 18.2. The average Bonchev–Trinajstić information content (AvgIpc) is 3.05. The summed E-state index contributed by atoms with van der Waals surface area (Å²) in [6.45, 7) is 4.85. The molecule has 0 radical (unpaired) electrons. The van der Waals surface area contributed by atoms with Gasteiger partial charge in [0.25, 0.3) is 5.91 Å². The summed E-state index contributed by atoms with van der Waals surface area (Å²) in [4.78, 5) is 14.3. The van der Waals surface area contributed by atoms with Gasteiger partial charge in [0, 0.05) is 19.0 Å². The van der Waals surface area contributed by atoms with Crippen LogP contribution in [0.1, 0.15) is 19.0 Å². The van der Waals surface area contributed by atoms with Crippen LogP contribution in [-0.4, -0.2) is 46.3 Å². The molecule has 1 saturated heterocycles. The van der Waals surface area contributed by atoms with Crippen molar-refractivity contribution in [1.82, 2.24) is 15.1 Å². The molecule has 1 aromatic carbocycles. The third kappa shape index (κ3) is 4.01. The lowest BCUT2D eigenvalue weighted by Gasteiger charge is -2.21. The van der Waals surface area contributed by atoms with Crippen LogP contribution in [0.25, 0.3) is 0 Å². The monoisotopic (exact) mass is 327 g/mol. The number of para-hydroxylation sites is 1. The van der Waals surface area contributed by atoms with Gasteiger partial charge < -0.3 is 14.4 Å². The molecule has 6 heteroatoms. The van der Waals surface area contributed by atoms with Crippen LogP contribution in [0.4, 0.5) is 0 Å². The number of ether oxygens (including phenoxy) is 2. The van der Waals surface area contributed by atoms with Crippen molar-refractivity contribution in [3.05, 3.63) is 48.2 Å². The van der Waals surface area contributed by atoms with E-state index in [1.54, 1.807) is 17.9 Å². The van der Waals surface area contributed by atoms with Crippen molar-refractivity contribution in [3.8, 4) is 11.6 Å². The first-order chi connectivity index (χ1) is 11.6. The predicted octanol–water partition coefficient (Wildman–Crippen LogP) is 2.23. The summed E-state index contributed by atoms with van der Waals surface area (Å²) in [5, 5.41) is 7.98. The lowest BCUT2D eigenvalue weighted by molar-refractivity contribution is -0.137. The maximum absolute atomic E-state index is 12.5. The molecule has 3 rings (SSSR count). The number of benzene rings is 1. The summed E-state index contributed by atoms with van der Waals surface area (Å²) in [6.07, 6.45) is 0.194. The minimum absolute atomic E-state index is 0.0278. The number of hydrogen-bond donors (Lipinski definition) is 0. The molecule has 0 unspecified atom stereocenters. The molecule has 6 nitrogen and oxygen atoms in total. The summed E-state index contributed by atoms with van der Waals surface area (Å²) in [6, 6.07) is 13.0. The van der Waals surface area contributed by atoms with E-state index in [1.165, 1.54) is 0 Å². The van der Waals surface area contributed by atoms with Crippen LogP contribution in [0.15, 0.2) is 42.5 Å². The molecule has 0 bridgehead atoms. The van der Waals surface area contributed by atoms with Gasteiger partial charge in [0.2, 0.25) is 5.88 Å². The summed E-state index contributed by atoms with van der Waals surface area (Å²) in [5.41, 5.74) is 0.845. The molecule has 1 aliphatic rings. The van der Waals surface area contributed by atoms with E-state index in [-0.39, 0.29) is 12.0 Å². The summed E-state index contributed by atoms with van der Waals surface area (Å²) in [7, 11) is 0. The minimum atomic E-state index is -0.523. The molecule has 1 aliphatic heterocycles. The first kappa shape index (κ1) is 16.2. The van der Waals surface area contributed by atoms with Gasteiger partial charge in [-0.15, -0.1) is 5.10 Å². The summed E-state index contributed by atoms with van der Waals surface area (Å²) in [5.74, 6) is 1.16. The number of aromatic nitrogens is 2. The molecule has 0 aliphatic carbocycles. The number of likely N-dealkylation sites (tertiary alicyclic amines) is 1. The molecule has 24 heavy (non-hydrogen) atoms. The summed E-state index contributed by atoms with van der Waals surface area (Å²) < 4.78 is 11.5. The number of carbonyl (C=O) groups is 1. The first-order valence-corrected chi connectivity index (χ1v) is 8.09. The number of carbonyl (C=O) groups excluding carboxylic acids is 1. The minimum Gasteiger partial charge on any atom is -0.481 e. The predicted molar refractivity (Wildman–Crippen MR) is 88.9 cm³/mol. The molecule has 2 atom stereocenters. The molecule has 2 heterocycles. The Morgan fingerprint density at radius 3 is 2.71 bits per heavy atom. The van der Waals surface area contributed by atoms with Gasteiger partial charge in [-0.2, -0.15) is 5.10 Å². The van der Waals surface area contributed by atoms with Crippen LogP contribution >= 0.6 is 0 Å². The zero-order valence-corrected chi connectivity index (χ0v) is 13.9.